The molecule has 0 fully saturated rings. The minimum atomic E-state index is -2.86. The third-order valence-electron chi connectivity index (χ3n) is 6.23. The number of hydrogen-bond donors (Lipinski definition) is 1. The van der Waals surface area contributed by atoms with Gasteiger partial charge in [0.1, 0.15) is 0 Å². The summed E-state index contributed by atoms with van der Waals surface area (Å²) in [5.41, 5.74) is 1.25. The maximum absolute atomic E-state index is 11.3. The summed E-state index contributed by atoms with van der Waals surface area (Å²) in [5, 5.41) is 15.4. The molecule has 3 rings (SSSR count). The van der Waals surface area contributed by atoms with Gasteiger partial charge in [0.15, 0.2) is 0 Å². The Morgan fingerprint density at radius 3 is 1.45 bits per heavy atom. The molecule has 0 bridgehead atoms. The van der Waals surface area contributed by atoms with Crippen molar-refractivity contribution < 1.29 is 5.11 Å². The van der Waals surface area contributed by atoms with Crippen molar-refractivity contribution in [3.63, 3.8) is 0 Å². The van der Waals surface area contributed by atoms with E-state index < -0.39 is 10.3 Å². The molecule has 0 aromatic heterocycles. The average Bonchev–Trinajstić information content (AvgIpc) is 2.80. The molecule has 164 valence electrons. The van der Waals surface area contributed by atoms with Gasteiger partial charge in [-0.05, 0) is 0 Å². The van der Waals surface area contributed by atoms with Crippen LogP contribution in [0.15, 0.2) is 103 Å². The molecule has 31 heavy (non-hydrogen) atoms. The quantitative estimate of drug-likeness (QED) is 0.196. The van der Waals surface area contributed by atoms with Gasteiger partial charge in [-0.25, -0.2) is 0 Å². The number of allylic oxidation sites excluding steroid dienone is 1. The van der Waals surface area contributed by atoms with E-state index in [-0.39, 0.29) is 11.8 Å². The summed E-state index contributed by atoms with van der Waals surface area (Å²) in [6.45, 7) is 8.55. The van der Waals surface area contributed by atoms with E-state index in [9.17, 15) is 5.11 Å². The standard InChI is InChI=1S/C28H34IOP/c1-22(2)20-23(3)28(30)24(4)21-31(29,25-14-8-5-9-15-25,26-16-10-6-11-17-26)27-18-12-7-13-19-27/h5-20,23-24,28,30H,21H2,1-4H3/t23-,24-,28+/m0/s1. The van der Waals surface area contributed by atoms with Gasteiger partial charge in [-0.1, -0.05) is 0 Å². The SMILES string of the molecule is CC(C)=C[C@H](C)[C@@H](O)[C@@H](C)CP(I)(c1ccccc1)(c1ccccc1)c1ccccc1. The van der Waals surface area contributed by atoms with Crippen LogP contribution < -0.4 is 15.9 Å². The first-order valence-corrected chi connectivity index (χ1v) is 16.2. The third-order valence-corrected chi connectivity index (χ3v) is 17.8. The van der Waals surface area contributed by atoms with Gasteiger partial charge in [0.2, 0.25) is 0 Å². The molecule has 0 aliphatic heterocycles. The summed E-state index contributed by atoms with van der Waals surface area (Å²) in [5.74, 6) is 0.244. The first-order chi connectivity index (χ1) is 14.8. The number of aliphatic hydroxyl groups excluding tert-OH is 1. The Bertz CT molecular complexity index is 898. The molecule has 3 aromatic carbocycles. The molecular formula is C28H34IOP. The zero-order valence-electron chi connectivity index (χ0n) is 18.9. The van der Waals surface area contributed by atoms with Crippen molar-refractivity contribution in [3.05, 3.63) is 103 Å². The molecule has 0 unspecified atom stereocenters. The molecule has 0 radical (unpaired) electrons. The van der Waals surface area contributed by atoms with Crippen molar-refractivity contribution in [3.8, 4) is 0 Å². The van der Waals surface area contributed by atoms with E-state index in [0.717, 1.165) is 6.16 Å². The molecule has 0 saturated heterocycles. The van der Waals surface area contributed by atoms with Crippen LogP contribution in [-0.4, -0.2) is 17.4 Å². The van der Waals surface area contributed by atoms with Crippen LogP contribution in [0.1, 0.15) is 27.7 Å². The molecule has 1 nitrogen and oxygen atoms in total. The number of halogens is 1. The Labute approximate surface area is 201 Å². The molecule has 0 heterocycles. The second-order valence-electron chi connectivity index (χ2n) is 8.94. The fourth-order valence-electron chi connectivity index (χ4n) is 4.77. The Hall–Kier alpha value is -1.48. The Morgan fingerprint density at radius 2 is 1.13 bits per heavy atom. The molecule has 0 amide bonds. The normalized spacial score (nSPS) is 15.9. The monoisotopic (exact) mass is 544 g/mol. The second-order valence-corrected chi connectivity index (χ2v) is 19.6. The van der Waals surface area contributed by atoms with E-state index >= 15 is 0 Å². The number of benzene rings is 3. The molecule has 0 saturated carbocycles. The summed E-state index contributed by atoms with van der Waals surface area (Å²) >= 11 is 2.81. The molecular weight excluding hydrogens is 510 g/mol. The van der Waals surface area contributed by atoms with Gasteiger partial charge in [0.05, 0.1) is 0 Å². The molecule has 3 heteroatoms. The van der Waals surface area contributed by atoms with Gasteiger partial charge in [0, 0.05) is 0 Å². The van der Waals surface area contributed by atoms with E-state index in [1.807, 2.05) is 0 Å². The Morgan fingerprint density at radius 1 is 0.774 bits per heavy atom. The molecule has 3 aromatic rings. The number of hydrogen-bond acceptors (Lipinski definition) is 1. The van der Waals surface area contributed by atoms with Gasteiger partial charge >= 0.3 is 202 Å². The van der Waals surface area contributed by atoms with Crippen LogP contribution in [0, 0.1) is 11.8 Å². The average molecular weight is 544 g/mol. The Balaban J connectivity index is 2.25. The molecule has 0 spiro atoms. The fourth-order valence-corrected chi connectivity index (χ4v) is 14.7. The van der Waals surface area contributed by atoms with Crippen LogP contribution in [0.5, 0.6) is 0 Å². The number of rotatable bonds is 8. The van der Waals surface area contributed by atoms with E-state index in [1.54, 1.807) is 0 Å². The van der Waals surface area contributed by atoms with E-state index in [4.69, 9.17) is 0 Å². The first-order valence-electron chi connectivity index (χ1n) is 11.0. The van der Waals surface area contributed by atoms with Gasteiger partial charge < -0.3 is 0 Å². The third kappa shape index (κ3) is 4.82. The summed E-state index contributed by atoms with van der Waals surface area (Å²) in [6, 6.07) is 32.8. The maximum atomic E-state index is 11.3. The first kappa shape index (κ1) is 24.2. The van der Waals surface area contributed by atoms with Crippen molar-refractivity contribution in [1.82, 2.24) is 0 Å². The van der Waals surface area contributed by atoms with Gasteiger partial charge in [-0.15, -0.1) is 0 Å². The van der Waals surface area contributed by atoms with E-state index in [2.05, 4.69) is 147 Å². The van der Waals surface area contributed by atoms with Crippen molar-refractivity contribution in [2.45, 2.75) is 33.8 Å². The van der Waals surface area contributed by atoms with Crippen LogP contribution >= 0.6 is 26.3 Å². The van der Waals surface area contributed by atoms with Crippen LogP contribution in [-0.2, 0) is 0 Å². The van der Waals surface area contributed by atoms with Crippen LogP contribution in [0.2, 0.25) is 0 Å². The summed E-state index contributed by atoms with van der Waals surface area (Å²) in [4.78, 5) is 0. The fraction of sp³-hybridized carbons (Fsp3) is 0.286. The molecule has 3 atom stereocenters. The summed E-state index contributed by atoms with van der Waals surface area (Å²) in [7, 11) is 0. The van der Waals surface area contributed by atoms with Gasteiger partial charge in [-0.2, -0.15) is 0 Å². The van der Waals surface area contributed by atoms with E-state index in [1.165, 1.54) is 21.5 Å². The zero-order chi connectivity index (χ0) is 22.5. The Kier molecular flexibility index (Phi) is 7.78. The minimum absolute atomic E-state index is 0.118. The van der Waals surface area contributed by atoms with Crippen molar-refractivity contribution in [2.24, 2.45) is 11.8 Å². The van der Waals surface area contributed by atoms with E-state index in [0.29, 0.717) is 0 Å². The second kappa shape index (κ2) is 9.98. The summed E-state index contributed by atoms with van der Waals surface area (Å²) < 4.78 is -2.86. The van der Waals surface area contributed by atoms with Gasteiger partial charge in [0.25, 0.3) is 0 Å². The van der Waals surface area contributed by atoms with Crippen molar-refractivity contribution >= 4 is 42.2 Å². The summed E-state index contributed by atoms with van der Waals surface area (Å²) in [6.07, 6.45) is 2.70. The van der Waals surface area contributed by atoms with Gasteiger partial charge in [-0.3, -0.25) is 0 Å². The number of aliphatic hydroxyl groups is 1. The molecule has 0 aliphatic rings. The molecule has 0 aliphatic carbocycles. The van der Waals surface area contributed by atoms with Crippen molar-refractivity contribution in [2.75, 3.05) is 6.16 Å². The zero-order valence-corrected chi connectivity index (χ0v) is 22.0. The van der Waals surface area contributed by atoms with Crippen LogP contribution in [0.25, 0.3) is 0 Å². The van der Waals surface area contributed by atoms with Crippen LogP contribution in [0.4, 0.5) is 0 Å². The predicted octanol–water partition coefficient (Wildman–Crippen LogP) is 6.47. The molecule has 1 N–H and O–H groups in total. The van der Waals surface area contributed by atoms with Crippen molar-refractivity contribution in [1.29, 1.82) is 0 Å². The predicted molar refractivity (Wildman–Crippen MR) is 148 cm³/mol. The van der Waals surface area contributed by atoms with Crippen LogP contribution in [0.3, 0.4) is 0 Å². The topological polar surface area (TPSA) is 20.2 Å².